The summed E-state index contributed by atoms with van der Waals surface area (Å²) in [6, 6.07) is 3.96. The molecule has 120 valence electrons. The largest absolute Gasteiger partial charge is 0.481 e. The number of hydrogen-bond donors (Lipinski definition) is 1. The molecule has 3 heterocycles. The van der Waals surface area contributed by atoms with Crippen molar-refractivity contribution in [2.75, 3.05) is 56.1 Å². The lowest BCUT2D eigenvalue weighted by molar-refractivity contribution is -0.141. The van der Waals surface area contributed by atoms with Crippen LogP contribution >= 0.6 is 0 Å². The van der Waals surface area contributed by atoms with Crippen LogP contribution in [0.1, 0.15) is 12.8 Å². The predicted octanol–water partition coefficient (Wildman–Crippen LogP) is 0.529. The molecule has 7 nitrogen and oxygen atoms in total. The van der Waals surface area contributed by atoms with E-state index in [0.29, 0.717) is 6.54 Å². The second-order valence-corrected chi connectivity index (χ2v) is 6.16. The molecule has 3 rings (SSSR count). The SMILES string of the molecule is CN1CCN(c2ccc(N3CCC[C@H](C(=O)O)C3)nn2)CC1. The van der Waals surface area contributed by atoms with Crippen molar-refractivity contribution in [2.24, 2.45) is 5.92 Å². The fourth-order valence-electron chi connectivity index (χ4n) is 3.08. The van der Waals surface area contributed by atoms with Crippen molar-refractivity contribution < 1.29 is 9.90 Å². The van der Waals surface area contributed by atoms with Gasteiger partial charge >= 0.3 is 5.97 Å². The van der Waals surface area contributed by atoms with Crippen LogP contribution in [0.3, 0.4) is 0 Å². The zero-order valence-electron chi connectivity index (χ0n) is 13.0. The third-order valence-corrected chi connectivity index (χ3v) is 4.56. The minimum atomic E-state index is -0.716. The number of aliphatic carboxylic acids is 1. The van der Waals surface area contributed by atoms with Gasteiger partial charge in [0.05, 0.1) is 5.92 Å². The van der Waals surface area contributed by atoms with Crippen molar-refractivity contribution in [3.05, 3.63) is 12.1 Å². The van der Waals surface area contributed by atoms with Gasteiger partial charge in [-0.1, -0.05) is 0 Å². The number of carbonyl (C=O) groups is 1. The Labute approximate surface area is 130 Å². The predicted molar refractivity (Wildman–Crippen MR) is 84.3 cm³/mol. The highest BCUT2D eigenvalue weighted by Gasteiger charge is 2.26. The first-order valence-corrected chi connectivity index (χ1v) is 7.88. The van der Waals surface area contributed by atoms with Gasteiger partial charge in [-0.3, -0.25) is 4.79 Å². The Bertz CT molecular complexity index is 513. The van der Waals surface area contributed by atoms with Crippen molar-refractivity contribution in [3.63, 3.8) is 0 Å². The first-order valence-electron chi connectivity index (χ1n) is 7.88. The fraction of sp³-hybridized carbons (Fsp3) is 0.667. The normalized spacial score (nSPS) is 23.6. The van der Waals surface area contributed by atoms with Gasteiger partial charge in [0.1, 0.15) is 0 Å². The summed E-state index contributed by atoms with van der Waals surface area (Å²) in [5.41, 5.74) is 0. The van der Waals surface area contributed by atoms with E-state index in [2.05, 4.69) is 27.0 Å². The van der Waals surface area contributed by atoms with E-state index >= 15 is 0 Å². The van der Waals surface area contributed by atoms with Crippen molar-refractivity contribution >= 4 is 17.6 Å². The van der Waals surface area contributed by atoms with E-state index in [1.165, 1.54) is 0 Å². The quantitative estimate of drug-likeness (QED) is 0.873. The summed E-state index contributed by atoms with van der Waals surface area (Å²) in [6.45, 7) is 5.39. The zero-order valence-corrected chi connectivity index (χ0v) is 13.0. The monoisotopic (exact) mass is 305 g/mol. The van der Waals surface area contributed by atoms with E-state index in [0.717, 1.165) is 57.2 Å². The van der Waals surface area contributed by atoms with Gasteiger partial charge in [0.2, 0.25) is 0 Å². The molecule has 0 aromatic carbocycles. The molecule has 0 spiro atoms. The number of carboxylic acid groups (broad SMARTS) is 1. The molecule has 7 heteroatoms. The second kappa shape index (κ2) is 6.48. The van der Waals surface area contributed by atoms with Crippen molar-refractivity contribution in [1.82, 2.24) is 15.1 Å². The number of piperazine rings is 1. The van der Waals surface area contributed by atoms with Crippen LogP contribution in [0.25, 0.3) is 0 Å². The molecule has 1 N–H and O–H groups in total. The Morgan fingerprint density at radius 2 is 1.73 bits per heavy atom. The van der Waals surface area contributed by atoms with Crippen LogP contribution in [0.5, 0.6) is 0 Å². The summed E-state index contributed by atoms with van der Waals surface area (Å²) in [7, 11) is 2.13. The number of rotatable bonds is 3. The number of anilines is 2. The smallest absolute Gasteiger partial charge is 0.308 e. The van der Waals surface area contributed by atoms with Gasteiger partial charge in [0.25, 0.3) is 0 Å². The van der Waals surface area contributed by atoms with E-state index in [-0.39, 0.29) is 5.92 Å². The highest BCUT2D eigenvalue weighted by Crippen LogP contribution is 2.22. The van der Waals surface area contributed by atoms with Crippen LogP contribution in [0.2, 0.25) is 0 Å². The number of carboxylic acids is 1. The maximum Gasteiger partial charge on any atom is 0.308 e. The van der Waals surface area contributed by atoms with Crippen molar-refractivity contribution in [2.45, 2.75) is 12.8 Å². The molecule has 0 saturated carbocycles. The molecule has 0 bridgehead atoms. The summed E-state index contributed by atoms with van der Waals surface area (Å²) in [6.07, 6.45) is 1.64. The first kappa shape index (κ1) is 15.0. The first-order chi connectivity index (χ1) is 10.6. The Hall–Kier alpha value is -1.89. The molecule has 1 aromatic rings. The Balaban J connectivity index is 1.65. The molecule has 0 unspecified atom stereocenters. The number of nitrogens with zero attached hydrogens (tertiary/aromatic N) is 5. The minimum Gasteiger partial charge on any atom is -0.481 e. The highest BCUT2D eigenvalue weighted by molar-refractivity contribution is 5.71. The highest BCUT2D eigenvalue weighted by atomic mass is 16.4. The van der Waals surface area contributed by atoms with Crippen LogP contribution in [0.15, 0.2) is 12.1 Å². The van der Waals surface area contributed by atoms with Crippen LogP contribution in [0.4, 0.5) is 11.6 Å². The van der Waals surface area contributed by atoms with Crippen LogP contribution in [-0.4, -0.2) is 72.5 Å². The summed E-state index contributed by atoms with van der Waals surface area (Å²) < 4.78 is 0. The molecule has 0 amide bonds. The van der Waals surface area contributed by atoms with Gasteiger partial charge in [0.15, 0.2) is 11.6 Å². The molecule has 2 fully saturated rings. The Morgan fingerprint density at radius 3 is 2.32 bits per heavy atom. The Kier molecular flexibility index (Phi) is 4.42. The summed E-state index contributed by atoms with van der Waals surface area (Å²) >= 11 is 0. The molecule has 1 aromatic heterocycles. The molecular formula is C15H23N5O2. The minimum absolute atomic E-state index is 0.298. The molecule has 1 atom stereocenters. The molecule has 0 aliphatic carbocycles. The van der Waals surface area contributed by atoms with E-state index < -0.39 is 5.97 Å². The fourth-order valence-corrected chi connectivity index (χ4v) is 3.08. The molecule has 2 aliphatic rings. The summed E-state index contributed by atoms with van der Waals surface area (Å²) in [4.78, 5) is 17.7. The van der Waals surface area contributed by atoms with E-state index in [9.17, 15) is 4.79 Å². The molecule has 0 radical (unpaired) electrons. The lowest BCUT2D eigenvalue weighted by Crippen LogP contribution is -2.45. The number of aromatic nitrogens is 2. The van der Waals surface area contributed by atoms with E-state index in [4.69, 9.17) is 5.11 Å². The average Bonchev–Trinajstić information content (AvgIpc) is 2.56. The number of piperidine rings is 1. The molecule has 2 aliphatic heterocycles. The zero-order chi connectivity index (χ0) is 15.5. The average molecular weight is 305 g/mol. The second-order valence-electron chi connectivity index (χ2n) is 6.16. The van der Waals surface area contributed by atoms with Crippen LogP contribution in [0, 0.1) is 5.92 Å². The Morgan fingerprint density at radius 1 is 1.09 bits per heavy atom. The lowest BCUT2D eigenvalue weighted by atomic mass is 9.98. The maximum absolute atomic E-state index is 11.1. The third-order valence-electron chi connectivity index (χ3n) is 4.56. The van der Waals surface area contributed by atoms with Crippen molar-refractivity contribution in [1.29, 1.82) is 0 Å². The summed E-state index contributed by atoms with van der Waals surface area (Å²) in [5.74, 6) is 0.673. The maximum atomic E-state index is 11.1. The lowest BCUT2D eigenvalue weighted by Gasteiger charge is -2.34. The van der Waals surface area contributed by atoms with Crippen molar-refractivity contribution in [3.8, 4) is 0 Å². The van der Waals surface area contributed by atoms with Gasteiger partial charge in [0, 0.05) is 39.3 Å². The van der Waals surface area contributed by atoms with Crippen LogP contribution in [-0.2, 0) is 4.79 Å². The topological polar surface area (TPSA) is 72.8 Å². The van der Waals surface area contributed by atoms with Crippen LogP contribution < -0.4 is 9.80 Å². The molecular weight excluding hydrogens is 282 g/mol. The van der Waals surface area contributed by atoms with Gasteiger partial charge in [-0.2, -0.15) is 0 Å². The standard InChI is InChI=1S/C15H23N5O2/c1-18-7-9-19(10-8-18)13-4-5-14(17-16-13)20-6-2-3-12(11-20)15(21)22/h4-5,12H,2-3,6-11H2,1H3,(H,21,22)/t12-/m0/s1. The number of likely N-dealkylation sites (N-methyl/N-ethyl adjacent to an activating group) is 1. The van der Waals surface area contributed by atoms with Gasteiger partial charge in [-0.25, -0.2) is 0 Å². The summed E-state index contributed by atoms with van der Waals surface area (Å²) in [5, 5.41) is 17.8. The van der Waals surface area contributed by atoms with Gasteiger partial charge in [-0.15, -0.1) is 10.2 Å². The molecule has 22 heavy (non-hydrogen) atoms. The van der Waals surface area contributed by atoms with Gasteiger partial charge < -0.3 is 19.8 Å². The van der Waals surface area contributed by atoms with Gasteiger partial charge in [-0.05, 0) is 32.0 Å². The third kappa shape index (κ3) is 3.30. The van der Waals surface area contributed by atoms with E-state index in [1.54, 1.807) is 0 Å². The van der Waals surface area contributed by atoms with E-state index in [1.807, 2.05) is 17.0 Å². The molecule has 2 saturated heterocycles. The number of hydrogen-bond acceptors (Lipinski definition) is 6.